The summed E-state index contributed by atoms with van der Waals surface area (Å²) in [6.07, 6.45) is 5.25. The van der Waals surface area contributed by atoms with E-state index in [2.05, 4.69) is 10.3 Å². The second-order valence-corrected chi connectivity index (χ2v) is 5.99. The quantitative estimate of drug-likeness (QED) is 0.581. The highest BCUT2D eigenvalue weighted by Crippen LogP contribution is 2.31. The van der Waals surface area contributed by atoms with E-state index in [1.54, 1.807) is 36.7 Å². The Morgan fingerprint density at radius 2 is 1.81 bits per heavy atom. The lowest BCUT2D eigenvalue weighted by Crippen LogP contribution is -1.99. The maximum Gasteiger partial charge on any atom is 0.335 e. The van der Waals surface area contributed by atoms with Crippen molar-refractivity contribution >= 4 is 23.1 Å². The summed E-state index contributed by atoms with van der Waals surface area (Å²) in [5.41, 5.74) is 4.73. The van der Waals surface area contributed by atoms with E-state index in [4.69, 9.17) is 10.1 Å². The van der Waals surface area contributed by atoms with Gasteiger partial charge in [-0.3, -0.25) is 9.38 Å². The Hall–Kier alpha value is -3.67. The van der Waals surface area contributed by atoms with E-state index in [0.717, 1.165) is 28.4 Å². The van der Waals surface area contributed by atoms with Gasteiger partial charge in [-0.2, -0.15) is 0 Å². The molecule has 0 saturated carbocycles. The van der Waals surface area contributed by atoms with Gasteiger partial charge in [0.15, 0.2) is 5.65 Å². The van der Waals surface area contributed by atoms with Gasteiger partial charge in [-0.25, -0.2) is 9.78 Å². The first-order valence-electron chi connectivity index (χ1n) is 8.11. The smallest absolute Gasteiger partial charge is 0.335 e. The molecule has 0 amide bonds. The van der Waals surface area contributed by atoms with Crippen LogP contribution in [-0.2, 0) is 0 Å². The summed E-state index contributed by atoms with van der Waals surface area (Å²) in [4.78, 5) is 19.9. The van der Waals surface area contributed by atoms with Gasteiger partial charge in [-0.1, -0.05) is 29.8 Å². The van der Waals surface area contributed by atoms with E-state index in [0.29, 0.717) is 0 Å². The third kappa shape index (κ3) is 2.88. The van der Waals surface area contributed by atoms with Crippen LogP contribution in [0.5, 0.6) is 0 Å². The van der Waals surface area contributed by atoms with Crippen LogP contribution < -0.4 is 5.32 Å². The van der Waals surface area contributed by atoms with Gasteiger partial charge < -0.3 is 10.4 Å². The molecule has 0 atom stereocenters. The van der Waals surface area contributed by atoms with Crippen molar-refractivity contribution in [2.45, 2.75) is 6.92 Å². The third-order valence-electron chi connectivity index (χ3n) is 4.15. The van der Waals surface area contributed by atoms with E-state index in [1.807, 2.05) is 41.8 Å². The molecule has 2 heterocycles. The molecule has 0 radical (unpaired) electrons. The Labute approximate surface area is 149 Å². The first-order chi connectivity index (χ1) is 12.6. The number of carboxylic acids is 1. The minimum Gasteiger partial charge on any atom is -0.478 e. The fourth-order valence-electron chi connectivity index (χ4n) is 2.77. The minimum absolute atomic E-state index is 0.247. The Morgan fingerprint density at radius 1 is 1.08 bits per heavy atom. The zero-order chi connectivity index (χ0) is 18.1. The van der Waals surface area contributed by atoms with Crippen molar-refractivity contribution in [2.75, 3.05) is 5.32 Å². The monoisotopic (exact) mass is 344 g/mol. The molecule has 2 aromatic heterocycles. The minimum atomic E-state index is -0.947. The average molecular weight is 344 g/mol. The molecule has 0 fully saturated rings. The Bertz CT molecular complexity index is 1080. The van der Waals surface area contributed by atoms with E-state index in [-0.39, 0.29) is 5.56 Å². The van der Waals surface area contributed by atoms with Crippen LogP contribution in [-0.4, -0.2) is 25.4 Å². The fraction of sp³-hybridized carbons (Fsp3) is 0.0500. The summed E-state index contributed by atoms with van der Waals surface area (Å²) in [5, 5.41) is 12.4. The summed E-state index contributed by atoms with van der Waals surface area (Å²) in [5.74, 6) is -0.146. The number of hydrogen-bond acceptors (Lipinski definition) is 4. The lowest BCUT2D eigenvalue weighted by Gasteiger charge is -2.09. The molecule has 0 bridgehead atoms. The van der Waals surface area contributed by atoms with Crippen LogP contribution in [0.2, 0.25) is 0 Å². The summed E-state index contributed by atoms with van der Waals surface area (Å²) < 4.78 is 1.92. The maximum absolute atomic E-state index is 11.0. The van der Waals surface area contributed by atoms with Crippen molar-refractivity contribution < 1.29 is 9.90 Å². The van der Waals surface area contributed by atoms with Gasteiger partial charge in [0.1, 0.15) is 11.5 Å². The number of anilines is 2. The van der Waals surface area contributed by atoms with E-state index < -0.39 is 5.97 Å². The summed E-state index contributed by atoms with van der Waals surface area (Å²) in [6.45, 7) is 2.04. The molecule has 2 N–H and O–H groups in total. The van der Waals surface area contributed by atoms with Crippen molar-refractivity contribution in [3.63, 3.8) is 0 Å². The maximum atomic E-state index is 11.0. The summed E-state index contributed by atoms with van der Waals surface area (Å²) in [7, 11) is 0. The van der Waals surface area contributed by atoms with Crippen LogP contribution in [0.1, 0.15) is 15.9 Å². The van der Waals surface area contributed by atoms with E-state index in [1.165, 1.54) is 5.56 Å². The van der Waals surface area contributed by atoms with Crippen molar-refractivity contribution in [1.29, 1.82) is 0 Å². The van der Waals surface area contributed by atoms with Crippen LogP contribution in [0.4, 0.5) is 11.5 Å². The summed E-state index contributed by atoms with van der Waals surface area (Å²) >= 11 is 0. The number of imidazole rings is 1. The summed E-state index contributed by atoms with van der Waals surface area (Å²) in [6, 6.07) is 14.8. The fourth-order valence-corrected chi connectivity index (χ4v) is 2.77. The second kappa shape index (κ2) is 6.33. The second-order valence-electron chi connectivity index (χ2n) is 5.99. The van der Waals surface area contributed by atoms with Gasteiger partial charge >= 0.3 is 5.97 Å². The van der Waals surface area contributed by atoms with Crippen LogP contribution in [0.3, 0.4) is 0 Å². The molecule has 0 aliphatic carbocycles. The Kier molecular flexibility index (Phi) is 3.85. The molecule has 26 heavy (non-hydrogen) atoms. The van der Waals surface area contributed by atoms with Gasteiger partial charge in [0.25, 0.3) is 0 Å². The Morgan fingerprint density at radius 3 is 2.50 bits per heavy atom. The van der Waals surface area contributed by atoms with E-state index >= 15 is 0 Å². The lowest BCUT2D eigenvalue weighted by atomic mass is 10.1. The Balaban J connectivity index is 1.81. The lowest BCUT2D eigenvalue weighted by molar-refractivity contribution is 0.0697. The topological polar surface area (TPSA) is 79.5 Å². The molecule has 0 aliphatic rings. The highest BCUT2D eigenvalue weighted by molar-refractivity contribution is 5.88. The van der Waals surface area contributed by atoms with Crippen molar-refractivity contribution in [3.05, 3.63) is 78.2 Å². The van der Waals surface area contributed by atoms with Gasteiger partial charge in [0.05, 0.1) is 11.8 Å². The number of hydrogen-bond donors (Lipinski definition) is 2. The predicted octanol–water partition coefficient (Wildman–Crippen LogP) is 4.15. The number of aromatic nitrogens is 3. The first-order valence-corrected chi connectivity index (χ1v) is 8.11. The number of rotatable bonds is 4. The van der Waals surface area contributed by atoms with Gasteiger partial charge in [-0.15, -0.1) is 0 Å². The highest BCUT2D eigenvalue weighted by atomic mass is 16.4. The number of nitrogens with one attached hydrogen (secondary N) is 1. The molecule has 0 saturated heterocycles. The molecule has 6 nitrogen and oxygen atoms in total. The third-order valence-corrected chi connectivity index (χ3v) is 4.15. The SMILES string of the molecule is Cc1ccc(-c2nc3cnccn3c2Nc2ccc(C(=O)O)cc2)cc1. The molecule has 6 heteroatoms. The number of benzene rings is 2. The number of aromatic carboxylic acids is 1. The zero-order valence-corrected chi connectivity index (χ0v) is 14.0. The van der Waals surface area contributed by atoms with Crippen LogP contribution in [0.25, 0.3) is 16.9 Å². The number of nitrogens with zero attached hydrogens (tertiary/aromatic N) is 3. The number of fused-ring (bicyclic) bond motifs is 1. The van der Waals surface area contributed by atoms with Crippen molar-refractivity contribution in [3.8, 4) is 11.3 Å². The standard InChI is InChI=1S/C20H16N4O2/c1-13-2-4-14(5-3-13)18-19(24-11-10-21-12-17(24)23-18)22-16-8-6-15(7-9-16)20(25)26/h2-12,22H,1H3,(H,25,26). The molecule has 128 valence electrons. The molecule has 2 aromatic carbocycles. The largest absolute Gasteiger partial charge is 0.478 e. The zero-order valence-electron chi connectivity index (χ0n) is 14.0. The van der Waals surface area contributed by atoms with Gasteiger partial charge in [-0.05, 0) is 31.2 Å². The van der Waals surface area contributed by atoms with Gasteiger partial charge in [0.2, 0.25) is 0 Å². The van der Waals surface area contributed by atoms with Crippen LogP contribution in [0, 0.1) is 6.92 Å². The number of carbonyl (C=O) groups is 1. The normalized spacial score (nSPS) is 10.8. The van der Waals surface area contributed by atoms with Gasteiger partial charge in [0, 0.05) is 23.6 Å². The molecule has 4 aromatic rings. The molecule has 0 aliphatic heterocycles. The highest BCUT2D eigenvalue weighted by Gasteiger charge is 2.14. The predicted molar refractivity (Wildman–Crippen MR) is 99.8 cm³/mol. The molecular formula is C20H16N4O2. The van der Waals surface area contributed by atoms with Crippen LogP contribution >= 0.6 is 0 Å². The van der Waals surface area contributed by atoms with Crippen molar-refractivity contribution in [2.24, 2.45) is 0 Å². The van der Waals surface area contributed by atoms with Crippen molar-refractivity contribution in [1.82, 2.24) is 14.4 Å². The molecule has 4 rings (SSSR count). The number of aryl methyl sites for hydroxylation is 1. The molecular weight excluding hydrogens is 328 g/mol. The number of carboxylic acid groups (broad SMARTS) is 1. The molecule has 0 spiro atoms. The molecule has 0 unspecified atom stereocenters. The van der Waals surface area contributed by atoms with Crippen LogP contribution in [0.15, 0.2) is 67.1 Å². The van der Waals surface area contributed by atoms with E-state index in [9.17, 15) is 4.79 Å². The first kappa shape index (κ1) is 15.8. The average Bonchev–Trinajstić information content (AvgIpc) is 3.01.